The van der Waals surface area contributed by atoms with Crippen molar-refractivity contribution >= 4 is 17.7 Å². The van der Waals surface area contributed by atoms with Gasteiger partial charge in [-0.25, -0.2) is 0 Å². The van der Waals surface area contributed by atoms with E-state index in [4.69, 9.17) is 24.7 Å². The summed E-state index contributed by atoms with van der Waals surface area (Å²) in [6.07, 6.45) is -5.72. The second kappa shape index (κ2) is 22.0. The van der Waals surface area contributed by atoms with Gasteiger partial charge in [0.2, 0.25) is 17.7 Å². The van der Waals surface area contributed by atoms with E-state index in [1.165, 1.54) is 6.92 Å². The lowest BCUT2D eigenvalue weighted by atomic mass is 9.97. The van der Waals surface area contributed by atoms with Crippen molar-refractivity contribution in [3.8, 4) is 0 Å². The Bertz CT molecular complexity index is 1390. The molecule has 4 rings (SSSR count). The number of benzene rings is 2. The van der Waals surface area contributed by atoms with Crippen LogP contribution in [-0.2, 0) is 46.2 Å². The molecule has 0 radical (unpaired) electrons. The van der Waals surface area contributed by atoms with Crippen LogP contribution in [0, 0.1) is 0 Å². The van der Waals surface area contributed by atoms with Crippen LogP contribution in [0.5, 0.6) is 0 Å². The molecule has 15 nitrogen and oxygen atoms in total. The van der Waals surface area contributed by atoms with E-state index in [0.29, 0.717) is 12.8 Å². The van der Waals surface area contributed by atoms with E-state index in [2.05, 4.69) is 16.0 Å². The number of hydrogen-bond donors (Lipinski definition) is 8. The molecule has 2 aromatic carbocycles. The highest BCUT2D eigenvalue weighted by atomic mass is 16.6. The van der Waals surface area contributed by atoms with Crippen LogP contribution in [0.3, 0.4) is 0 Å². The number of aliphatic hydroxyl groups excluding tert-OH is 4. The van der Waals surface area contributed by atoms with Gasteiger partial charge in [0.15, 0.2) is 0 Å². The zero-order valence-electron chi connectivity index (χ0n) is 31.2. The van der Waals surface area contributed by atoms with E-state index in [9.17, 15) is 34.8 Å². The van der Waals surface area contributed by atoms with Crippen LogP contribution >= 0.6 is 0 Å². The lowest BCUT2D eigenvalue weighted by Gasteiger charge is -2.40. The van der Waals surface area contributed by atoms with Crippen LogP contribution < -0.4 is 21.7 Å². The maximum atomic E-state index is 12.5. The SMILES string of the molecule is CC(=O)NC1COC(CO)[C@@H](O)[C@@H]1O[C@H](C)C(=O)N[C@@H](C)Cc1ccccc1.C[C@@H](Cc1ccccc1)NC(=O)[C@@H](C)O[C@@H]1C(N)COC(CO)[C@H]1O. The van der Waals surface area contributed by atoms with Crippen LogP contribution in [0.15, 0.2) is 60.7 Å². The minimum absolute atomic E-state index is 0.0561. The molecule has 0 saturated carbocycles. The Morgan fingerprint density at radius 2 is 1.15 bits per heavy atom. The molecule has 53 heavy (non-hydrogen) atoms. The van der Waals surface area contributed by atoms with Gasteiger partial charge in [-0.2, -0.15) is 0 Å². The summed E-state index contributed by atoms with van der Waals surface area (Å²) >= 11 is 0. The number of aliphatic hydroxyl groups is 4. The Hall–Kier alpha value is -3.51. The molecule has 12 atom stereocenters. The van der Waals surface area contributed by atoms with Gasteiger partial charge in [0.25, 0.3) is 0 Å². The summed E-state index contributed by atoms with van der Waals surface area (Å²) in [7, 11) is 0. The van der Waals surface area contributed by atoms with Crippen molar-refractivity contribution in [2.75, 3.05) is 26.4 Å². The van der Waals surface area contributed by atoms with Crippen molar-refractivity contribution in [2.45, 2.75) is 120 Å². The van der Waals surface area contributed by atoms with Gasteiger partial charge >= 0.3 is 0 Å². The number of ether oxygens (including phenoxy) is 4. The number of rotatable bonds is 15. The quantitative estimate of drug-likeness (QED) is 0.114. The summed E-state index contributed by atoms with van der Waals surface area (Å²) in [6.45, 7) is 7.90. The third-order valence-corrected chi connectivity index (χ3v) is 9.00. The van der Waals surface area contributed by atoms with Crippen molar-refractivity contribution in [1.29, 1.82) is 0 Å². The Morgan fingerprint density at radius 1 is 0.736 bits per heavy atom. The molecule has 3 amide bonds. The number of hydrogen-bond acceptors (Lipinski definition) is 12. The standard InChI is InChI=1S/C20H30N2O6.C18H28N2O5/c1-12(9-15-7-5-4-6-8-15)21-20(26)13(2)28-19-16(22-14(3)24)11-27-17(10-23)18(19)25;1-11(8-13-6-4-3-5-7-13)20-18(23)12(2)25-17-14(19)10-24-15(9-21)16(17)22/h4-8,12-13,16-19,23,25H,9-11H2,1-3H3,(H,21,26)(H,22,24);3-7,11-12,14-17,21-22H,8-10,19H2,1-2H3,(H,20,23)/t12-,13+,16?,17?,18+,19+;11-,12+,14?,15?,16+,17+/m00/s1. The number of amides is 3. The van der Waals surface area contributed by atoms with E-state index in [1.807, 2.05) is 74.5 Å². The number of nitrogens with two attached hydrogens (primary N) is 1. The summed E-state index contributed by atoms with van der Waals surface area (Å²) in [6, 6.07) is 18.4. The minimum atomic E-state index is -1.17. The molecular formula is C38H58N4O11. The lowest BCUT2D eigenvalue weighted by molar-refractivity contribution is -0.193. The fourth-order valence-corrected chi connectivity index (χ4v) is 6.18. The average Bonchev–Trinajstić information content (AvgIpc) is 3.12. The molecule has 15 heteroatoms. The van der Waals surface area contributed by atoms with E-state index in [-0.39, 0.29) is 56.2 Å². The van der Waals surface area contributed by atoms with Crippen molar-refractivity contribution in [3.63, 3.8) is 0 Å². The summed E-state index contributed by atoms with van der Waals surface area (Å²) in [4.78, 5) is 36.3. The molecule has 0 aromatic heterocycles. The van der Waals surface area contributed by atoms with Gasteiger partial charge in [0.05, 0.1) is 38.5 Å². The molecule has 2 fully saturated rings. The van der Waals surface area contributed by atoms with Gasteiger partial charge < -0.3 is 61.1 Å². The van der Waals surface area contributed by atoms with Crippen molar-refractivity contribution in [3.05, 3.63) is 71.8 Å². The Labute approximate surface area is 311 Å². The molecule has 9 N–H and O–H groups in total. The number of carbonyl (C=O) groups is 3. The molecule has 296 valence electrons. The summed E-state index contributed by atoms with van der Waals surface area (Å²) in [5, 5.41) is 47.6. The Balaban J connectivity index is 0.000000287. The summed E-state index contributed by atoms with van der Waals surface area (Å²) in [5.41, 5.74) is 8.16. The van der Waals surface area contributed by atoms with Gasteiger partial charge in [-0.1, -0.05) is 60.7 Å². The number of carbonyl (C=O) groups excluding carboxylic acids is 3. The predicted molar refractivity (Wildman–Crippen MR) is 195 cm³/mol. The third kappa shape index (κ3) is 14.0. The van der Waals surface area contributed by atoms with Gasteiger partial charge in [0, 0.05) is 19.0 Å². The van der Waals surface area contributed by atoms with Crippen molar-refractivity contribution < 1.29 is 53.8 Å². The van der Waals surface area contributed by atoms with E-state index in [1.54, 1.807) is 13.8 Å². The largest absolute Gasteiger partial charge is 0.394 e. The summed E-state index contributed by atoms with van der Waals surface area (Å²) in [5.74, 6) is -0.885. The molecule has 2 aromatic rings. The van der Waals surface area contributed by atoms with Crippen LogP contribution in [-0.4, -0.2) is 138 Å². The number of nitrogens with one attached hydrogen (secondary N) is 3. The summed E-state index contributed by atoms with van der Waals surface area (Å²) < 4.78 is 22.1. The maximum Gasteiger partial charge on any atom is 0.249 e. The van der Waals surface area contributed by atoms with Crippen molar-refractivity contribution in [1.82, 2.24) is 16.0 Å². The first-order chi connectivity index (χ1) is 25.2. The predicted octanol–water partition coefficient (Wildman–Crippen LogP) is -0.649. The van der Waals surface area contributed by atoms with Crippen LogP contribution in [0.25, 0.3) is 0 Å². The molecule has 0 spiro atoms. The van der Waals surface area contributed by atoms with Gasteiger partial charge in [-0.05, 0) is 51.7 Å². The first kappa shape index (κ1) is 43.9. The average molecular weight is 747 g/mol. The van der Waals surface area contributed by atoms with Crippen LogP contribution in [0.1, 0.15) is 45.7 Å². The smallest absolute Gasteiger partial charge is 0.249 e. The van der Waals surface area contributed by atoms with Crippen LogP contribution in [0.4, 0.5) is 0 Å². The van der Waals surface area contributed by atoms with Crippen LogP contribution in [0.2, 0.25) is 0 Å². The Morgan fingerprint density at radius 3 is 1.58 bits per heavy atom. The molecular weight excluding hydrogens is 688 g/mol. The highest BCUT2D eigenvalue weighted by molar-refractivity contribution is 5.81. The second-order valence-corrected chi connectivity index (χ2v) is 13.7. The van der Waals surface area contributed by atoms with Gasteiger partial charge in [-0.15, -0.1) is 0 Å². The molecule has 2 heterocycles. The molecule has 2 saturated heterocycles. The molecule has 2 aliphatic rings. The van der Waals surface area contributed by atoms with E-state index < -0.39 is 60.9 Å². The van der Waals surface area contributed by atoms with Gasteiger partial charge in [0.1, 0.15) is 48.8 Å². The fraction of sp³-hybridized carbons (Fsp3) is 0.605. The fourth-order valence-electron chi connectivity index (χ4n) is 6.18. The molecule has 2 aliphatic heterocycles. The third-order valence-electron chi connectivity index (χ3n) is 9.00. The second-order valence-electron chi connectivity index (χ2n) is 13.7. The zero-order valence-corrected chi connectivity index (χ0v) is 31.2. The lowest BCUT2D eigenvalue weighted by Crippen LogP contribution is -2.62. The highest BCUT2D eigenvalue weighted by Crippen LogP contribution is 2.21. The molecule has 0 aliphatic carbocycles. The monoisotopic (exact) mass is 746 g/mol. The van der Waals surface area contributed by atoms with Gasteiger partial charge in [-0.3, -0.25) is 14.4 Å². The first-order valence-electron chi connectivity index (χ1n) is 18.1. The molecule has 0 bridgehead atoms. The van der Waals surface area contributed by atoms with E-state index in [0.717, 1.165) is 11.1 Å². The topological polar surface area (TPSA) is 231 Å². The van der Waals surface area contributed by atoms with Crippen molar-refractivity contribution in [2.24, 2.45) is 5.73 Å². The molecule has 4 unspecified atom stereocenters. The zero-order chi connectivity index (χ0) is 39.1. The first-order valence-corrected chi connectivity index (χ1v) is 18.1. The minimum Gasteiger partial charge on any atom is -0.394 e. The Kier molecular flexibility index (Phi) is 18.2. The normalized spacial score (nSPS) is 27.9. The maximum absolute atomic E-state index is 12.5. The van der Waals surface area contributed by atoms with E-state index >= 15 is 0 Å². The highest BCUT2D eigenvalue weighted by Gasteiger charge is 2.42.